The molecule has 6 nitrogen and oxygen atoms in total. The molecule has 17 heavy (non-hydrogen) atoms. The predicted octanol–water partition coefficient (Wildman–Crippen LogP) is 0.0796. The van der Waals surface area contributed by atoms with Gasteiger partial charge in [-0.2, -0.15) is 0 Å². The Balaban J connectivity index is 1.79. The van der Waals surface area contributed by atoms with Gasteiger partial charge in [0, 0.05) is 31.5 Å². The molecule has 0 atom stereocenters. The van der Waals surface area contributed by atoms with Crippen LogP contribution in [0.25, 0.3) is 0 Å². The Labute approximate surface area is 99.5 Å². The minimum absolute atomic E-state index is 0.00525. The first kappa shape index (κ1) is 11.9. The second-order valence-electron chi connectivity index (χ2n) is 4.82. The van der Waals surface area contributed by atoms with Crippen LogP contribution in [-0.2, 0) is 14.3 Å². The van der Waals surface area contributed by atoms with Crippen molar-refractivity contribution in [1.82, 2.24) is 9.80 Å². The second-order valence-corrected chi connectivity index (χ2v) is 4.82. The molecule has 0 N–H and O–H groups in total. The van der Waals surface area contributed by atoms with Gasteiger partial charge in [-0.05, 0) is 0 Å². The van der Waals surface area contributed by atoms with E-state index in [1.165, 1.54) is 0 Å². The molecule has 2 aliphatic rings. The summed E-state index contributed by atoms with van der Waals surface area (Å²) in [4.78, 5) is 36.9. The van der Waals surface area contributed by atoms with E-state index in [1.54, 1.807) is 4.90 Å². The van der Waals surface area contributed by atoms with E-state index in [0.717, 1.165) is 4.90 Å². The smallest absolute Gasteiger partial charge is 0.417 e. The summed E-state index contributed by atoms with van der Waals surface area (Å²) < 4.78 is 4.62. The highest BCUT2D eigenvalue weighted by molar-refractivity contribution is 5.97. The monoisotopic (exact) mass is 240 g/mol. The van der Waals surface area contributed by atoms with Crippen molar-refractivity contribution in [1.29, 1.82) is 0 Å². The lowest BCUT2D eigenvalue weighted by atomic mass is 9.97. The molecule has 2 saturated heterocycles. The maximum atomic E-state index is 11.6. The molecular formula is C11H16N2O4. The van der Waals surface area contributed by atoms with Crippen LogP contribution in [0.3, 0.4) is 0 Å². The van der Waals surface area contributed by atoms with E-state index in [0.29, 0.717) is 19.6 Å². The van der Waals surface area contributed by atoms with Crippen LogP contribution in [-0.4, -0.2) is 53.9 Å². The Kier molecular flexibility index (Phi) is 3.04. The summed E-state index contributed by atoms with van der Waals surface area (Å²) in [5, 5.41) is 0. The van der Waals surface area contributed by atoms with Gasteiger partial charge in [0.2, 0.25) is 5.91 Å². The van der Waals surface area contributed by atoms with Crippen LogP contribution in [0.2, 0.25) is 0 Å². The summed E-state index contributed by atoms with van der Waals surface area (Å²) in [6.45, 7) is 5.16. The van der Waals surface area contributed by atoms with Gasteiger partial charge < -0.3 is 9.64 Å². The molecule has 6 heteroatoms. The third kappa shape index (κ3) is 2.25. The first-order valence-electron chi connectivity index (χ1n) is 5.75. The van der Waals surface area contributed by atoms with Gasteiger partial charge in [0.1, 0.15) is 0 Å². The molecule has 0 aliphatic carbocycles. The Morgan fingerprint density at radius 2 is 2.06 bits per heavy atom. The summed E-state index contributed by atoms with van der Waals surface area (Å²) in [7, 11) is 0. The highest BCUT2D eigenvalue weighted by Crippen LogP contribution is 2.20. The fourth-order valence-corrected chi connectivity index (χ4v) is 2.05. The Hall–Kier alpha value is -1.59. The van der Waals surface area contributed by atoms with Gasteiger partial charge in [0.25, 0.3) is 5.91 Å². The van der Waals surface area contributed by atoms with Gasteiger partial charge in [0.15, 0.2) is 6.61 Å². The second kappa shape index (κ2) is 4.35. The number of rotatable bonds is 3. The third-order valence-electron chi connectivity index (χ3n) is 3.04. The van der Waals surface area contributed by atoms with Crippen LogP contribution >= 0.6 is 0 Å². The molecule has 3 amide bonds. The minimum atomic E-state index is -0.566. The zero-order valence-electron chi connectivity index (χ0n) is 10.0. The fraction of sp³-hybridized carbons (Fsp3) is 0.727. The number of carbonyl (C=O) groups excluding carboxylic acids is 3. The number of cyclic esters (lactones) is 1. The summed E-state index contributed by atoms with van der Waals surface area (Å²) >= 11 is 0. The van der Waals surface area contributed by atoms with Crippen LogP contribution in [0.15, 0.2) is 0 Å². The van der Waals surface area contributed by atoms with Crippen molar-refractivity contribution in [2.24, 2.45) is 11.8 Å². The number of imide groups is 1. The molecule has 2 aliphatic heterocycles. The summed E-state index contributed by atoms with van der Waals surface area (Å²) in [6, 6.07) is 0. The van der Waals surface area contributed by atoms with Crippen LogP contribution < -0.4 is 0 Å². The van der Waals surface area contributed by atoms with Crippen molar-refractivity contribution in [2.45, 2.75) is 13.8 Å². The fourth-order valence-electron chi connectivity index (χ4n) is 2.05. The topological polar surface area (TPSA) is 66.9 Å². The summed E-state index contributed by atoms with van der Waals surface area (Å²) in [5.41, 5.74) is 0. The van der Waals surface area contributed by atoms with E-state index in [4.69, 9.17) is 0 Å². The maximum Gasteiger partial charge on any atom is 0.417 e. The van der Waals surface area contributed by atoms with E-state index >= 15 is 0 Å². The summed E-state index contributed by atoms with van der Waals surface area (Å²) in [5.74, 6) is 0.0156. The van der Waals surface area contributed by atoms with Crippen LogP contribution in [0, 0.1) is 11.8 Å². The van der Waals surface area contributed by atoms with Crippen LogP contribution in [0.1, 0.15) is 13.8 Å². The lowest BCUT2D eigenvalue weighted by Crippen LogP contribution is -2.55. The number of hydrogen-bond donors (Lipinski definition) is 0. The van der Waals surface area contributed by atoms with E-state index in [-0.39, 0.29) is 30.3 Å². The first-order chi connectivity index (χ1) is 7.99. The SMILES string of the molecule is CC(C)C(=O)N1CC(CN2C(=O)COC2=O)C1. The number of ether oxygens (including phenoxy) is 1. The molecule has 0 bridgehead atoms. The lowest BCUT2D eigenvalue weighted by Gasteiger charge is -2.41. The van der Waals surface area contributed by atoms with Crippen molar-refractivity contribution in [3.05, 3.63) is 0 Å². The molecule has 0 aromatic rings. The van der Waals surface area contributed by atoms with E-state index in [2.05, 4.69) is 4.74 Å². The average Bonchev–Trinajstić information content (AvgIpc) is 2.52. The summed E-state index contributed by atoms with van der Waals surface area (Å²) in [6.07, 6.45) is -0.566. The standard InChI is InChI=1S/C11H16N2O4/c1-7(2)10(15)12-3-8(4-12)5-13-9(14)6-17-11(13)16/h7-8H,3-6H2,1-2H3. The highest BCUT2D eigenvalue weighted by atomic mass is 16.6. The first-order valence-corrected chi connectivity index (χ1v) is 5.75. The zero-order valence-corrected chi connectivity index (χ0v) is 10.0. The molecule has 2 fully saturated rings. The van der Waals surface area contributed by atoms with Crippen LogP contribution in [0.5, 0.6) is 0 Å². The zero-order chi connectivity index (χ0) is 12.6. The van der Waals surface area contributed by atoms with E-state index < -0.39 is 6.09 Å². The lowest BCUT2D eigenvalue weighted by molar-refractivity contribution is -0.141. The number of hydrogen-bond acceptors (Lipinski definition) is 4. The molecule has 2 rings (SSSR count). The number of amides is 3. The van der Waals surface area contributed by atoms with Crippen molar-refractivity contribution in [2.75, 3.05) is 26.2 Å². The molecule has 94 valence electrons. The van der Waals surface area contributed by atoms with Gasteiger partial charge in [-0.3, -0.25) is 9.59 Å². The molecule has 0 aromatic heterocycles. The normalized spacial score (nSPS) is 20.9. The Morgan fingerprint density at radius 1 is 1.41 bits per heavy atom. The Morgan fingerprint density at radius 3 is 2.53 bits per heavy atom. The minimum Gasteiger partial charge on any atom is -0.439 e. The largest absolute Gasteiger partial charge is 0.439 e. The van der Waals surface area contributed by atoms with E-state index in [1.807, 2.05) is 13.8 Å². The number of carbonyl (C=O) groups is 3. The highest BCUT2D eigenvalue weighted by Gasteiger charge is 2.38. The number of likely N-dealkylation sites (tertiary alicyclic amines) is 1. The van der Waals surface area contributed by atoms with Gasteiger partial charge in [-0.1, -0.05) is 13.8 Å². The van der Waals surface area contributed by atoms with Gasteiger partial charge in [-0.15, -0.1) is 0 Å². The molecule has 0 saturated carbocycles. The molecule has 2 heterocycles. The van der Waals surface area contributed by atoms with Gasteiger partial charge in [-0.25, -0.2) is 9.69 Å². The van der Waals surface area contributed by atoms with Crippen molar-refractivity contribution >= 4 is 17.9 Å². The quantitative estimate of drug-likeness (QED) is 0.700. The van der Waals surface area contributed by atoms with Crippen molar-refractivity contribution in [3.8, 4) is 0 Å². The molecule has 0 radical (unpaired) electrons. The van der Waals surface area contributed by atoms with Crippen LogP contribution in [0.4, 0.5) is 4.79 Å². The van der Waals surface area contributed by atoms with E-state index in [9.17, 15) is 14.4 Å². The average molecular weight is 240 g/mol. The van der Waals surface area contributed by atoms with Crippen molar-refractivity contribution in [3.63, 3.8) is 0 Å². The predicted molar refractivity (Wildman–Crippen MR) is 58.0 cm³/mol. The third-order valence-corrected chi connectivity index (χ3v) is 3.04. The molecule has 0 spiro atoms. The molecule has 0 unspecified atom stereocenters. The molecular weight excluding hydrogens is 224 g/mol. The van der Waals surface area contributed by atoms with Gasteiger partial charge >= 0.3 is 6.09 Å². The van der Waals surface area contributed by atoms with Crippen molar-refractivity contribution < 1.29 is 19.1 Å². The maximum absolute atomic E-state index is 11.6. The Bertz CT molecular complexity index is 344. The molecule has 0 aromatic carbocycles. The van der Waals surface area contributed by atoms with Gasteiger partial charge in [0.05, 0.1) is 0 Å². The number of nitrogens with zero attached hydrogens (tertiary/aromatic N) is 2.